The Labute approximate surface area is 118 Å². The van der Waals surface area contributed by atoms with E-state index < -0.39 is 0 Å². The van der Waals surface area contributed by atoms with Crippen LogP contribution in [0.15, 0.2) is 34.6 Å². The van der Waals surface area contributed by atoms with E-state index in [-0.39, 0.29) is 0 Å². The molecule has 0 aliphatic heterocycles. The normalized spacial score (nSPS) is 13.6. The van der Waals surface area contributed by atoms with E-state index in [0.29, 0.717) is 6.04 Å². The second-order valence-electron chi connectivity index (χ2n) is 4.60. The second kappa shape index (κ2) is 6.06. The predicted molar refractivity (Wildman–Crippen MR) is 80.3 cm³/mol. The monoisotopic (exact) mass is 276 g/mol. The SMILES string of the molecule is CCC(C)n1c(C)csc1=Nc1cccc(OC)c1. The number of thiazole rings is 1. The van der Waals surface area contributed by atoms with Gasteiger partial charge in [0.1, 0.15) is 5.75 Å². The molecule has 0 saturated carbocycles. The maximum atomic E-state index is 5.23. The van der Waals surface area contributed by atoms with Gasteiger partial charge in [0.25, 0.3) is 0 Å². The van der Waals surface area contributed by atoms with Crippen LogP contribution in [-0.4, -0.2) is 11.7 Å². The maximum absolute atomic E-state index is 5.23. The number of rotatable bonds is 4. The van der Waals surface area contributed by atoms with E-state index in [4.69, 9.17) is 9.73 Å². The molecule has 0 bridgehead atoms. The molecule has 1 aromatic carbocycles. The van der Waals surface area contributed by atoms with E-state index >= 15 is 0 Å². The van der Waals surface area contributed by atoms with Crippen molar-refractivity contribution in [1.29, 1.82) is 0 Å². The fourth-order valence-corrected chi connectivity index (χ4v) is 2.98. The fourth-order valence-electron chi connectivity index (χ4n) is 1.99. The number of ether oxygens (including phenoxy) is 1. The van der Waals surface area contributed by atoms with Crippen LogP contribution in [0, 0.1) is 6.92 Å². The van der Waals surface area contributed by atoms with Gasteiger partial charge >= 0.3 is 0 Å². The Morgan fingerprint density at radius 2 is 2.21 bits per heavy atom. The standard InChI is InChI=1S/C15H20N2OS/c1-5-11(2)17-12(3)10-19-15(17)16-13-7-6-8-14(9-13)18-4/h6-11H,5H2,1-4H3. The smallest absolute Gasteiger partial charge is 0.190 e. The van der Waals surface area contributed by atoms with E-state index in [0.717, 1.165) is 22.7 Å². The fraction of sp³-hybridized carbons (Fsp3) is 0.400. The summed E-state index contributed by atoms with van der Waals surface area (Å²) in [6.45, 7) is 6.56. The first-order valence-corrected chi connectivity index (χ1v) is 7.39. The molecular weight excluding hydrogens is 256 g/mol. The molecule has 19 heavy (non-hydrogen) atoms. The largest absolute Gasteiger partial charge is 0.497 e. The third-order valence-electron chi connectivity index (χ3n) is 3.23. The third-order valence-corrected chi connectivity index (χ3v) is 4.19. The zero-order chi connectivity index (χ0) is 13.8. The Morgan fingerprint density at radius 1 is 1.42 bits per heavy atom. The number of methoxy groups -OCH3 is 1. The molecule has 1 atom stereocenters. The highest BCUT2D eigenvalue weighted by atomic mass is 32.1. The van der Waals surface area contributed by atoms with Gasteiger partial charge in [0, 0.05) is 23.2 Å². The van der Waals surface area contributed by atoms with Gasteiger partial charge in [0.2, 0.25) is 0 Å². The number of hydrogen-bond donors (Lipinski definition) is 0. The van der Waals surface area contributed by atoms with Crippen LogP contribution in [0.25, 0.3) is 0 Å². The van der Waals surface area contributed by atoms with Crippen LogP contribution < -0.4 is 9.54 Å². The first-order chi connectivity index (χ1) is 9.15. The van der Waals surface area contributed by atoms with Crippen LogP contribution in [0.3, 0.4) is 0 Å². The average molecular weight is 276 g/mol. The molecule has 2 rings (SSSR count). The van der Waals surface area contributed by atoms with Crippen molar-refractivity contribution in [2.75, 3.05) is 7.11 Å². The van der Waals surface area contributed by atoms with Gasteiger partial charge in [0.15, 0.2) is 4.80 Å². The molecule has 0 aliphatic carbocycles. The lowest BCUT2D eigenvalue weighted by atomic mass is 10.2. The summed E-state index contributed by atoms with van der Waals surface area (Å²) in [5.74, 6) is 0.838. The topological polar surface area (TPSA) is 26.5 Å². The molecule has 0 saturated heterocycles. The zero-order valence-electron chi connectivity index (χ0n) is 11.9. The minimum Gasteiger partial charge on any atom is -0.497 e. The van der Waals surface area contributed by atoms with E-state index in [1.807, 2.05) is 24.3 Å². The van der Waals surface area contributed by atoms with Crippen LogP contribution in [0.4, 0.5) is 5.69 Å². The first-order valence-electron chi connectivity index (χ1n) is 6.51. The highest BCUT2D eigenvalue weighted by molar-refractivity contribution is 7.07. The molecule has 1 aromatic heterocycles. The molecule has 0 fully saturated rings. The van der Waals surface area contributed by atoms with Crippen LogP contribution in [0.2, 0.25) is 0 Å². The van der Waals surface area contributed by atoms with Crippen molar-refractivity contribution in [2.24, 2.45) is 4.99 Å². The molecule has 0 spiro atoms. The Balaban J connectivity index is 2.48. The van der Waals surface area contributed by atoms with Crippen LogP contribution >= 0.6 is 11.3 Å². The van der Waals surface area contributed by atoms with Crippen LogP contribution in [0.5, 0.6) is 5.75 Å². The molecule has 102 valence electrons. The Bertz CT molecular complexity index is 613. The molecule has 1 heterocycles. The first kappa shape index (κ1) is 13.9. The van der Waals surface area contributed by atoms with Crippen molar-refractivity contribution in [1.82, 2.24) is 4.57 Å². The number of benzene rings is 1. The predicted octanol–water partition coefficient (Wildman–Crippen LogP) is 4.07. The quantitative estimate of drug-likeness (QED) is 0.826. The van der Waals surface area contributed by atoms with Crippen LogP contribution in [-0.2, 0) is 0 Å². The van der Waals surface area contributed by atoms with Gasteiger partial charge in [-0.25, -0.2) is 4.99 Å². The van der Waals surface area contributed by atoms with Crippen molar-refractivity contribution in [3.05, 3.63) is 40.1 Å². The third kappa shape index (κ3) is 3.07. The molecular formula is C15H20N2OS. The number of hydrogen-bond acceptors (Lipinski definition) is 3. The molecule has 0 radical (unpaired) electrons. The van der Waals surface area contributed by atoms with Gasteiger partial charge in [-0.3, -0.25) is 0 Å². The van der Waals surface area contributed by atoms with Gasteiger partial charge in [-0.15, -0.1) is 11.3 Å². The summed E-state index contributed by atoms with van der Waals surface area (Å²) < 4.78 is 7.53. The molecule has 2 aromatic rings. The number of aromatic nitrogens is 1. The average Bonchev–Trinajstić information content (AvgIpc) is 2.79. The lowest BCUT2D eigenvalue weighted by molar-refractivity contribution is 0.415. The summed E-state index contributed by atoms with van der Waals surface area (Å²) in [5, 5.41) is 2.16. The summed E-state index contributed by atoms with van der Waals surface area (Å²) in [7, 11) is 1.67. The van der Waals surface area contributed by atoms with Crippen molar-refractivity contribution >= 4 is 17.0 Å². The number of aryl methyl sites for hydroxylation is 1. The Morgan fingerprint density at radius 3 is 2.89 bits per heavy atom. The van der Waals surface area contributed by atoms with E-state index in [9.17, 15) is 0 Å². The van der Waals surface area contributed by atoms with Crippen LogP contribution in [0.1, 0.15) is 32.0 Å². The molecule has 1 unspecified atom stereocenters. The Kier molecular flexibility index (Phi) is 4.43. The summed E-state index contributed by atoms with van der Waals surface area (Å²) in [4.78, 5) is 5.78. The minimum atomic E-state index is 0.468. The van der Waals surface area contributed by atoms with Gasteiger partial charge in [0.05, 0.1) is 12.8 Å². The summed E-state index contributed by atoms with van der Waals surface area (Å²) >= 11 is 1.68. The zero-order valence-corrected chi connectivity index (χ0v) is 12.7. The van der Waals surface area contributed by atoms with Crippen molar-refractivity contribution in [2.45, 2.75) is 33.2 Å². The lowest BCUT2D eigenvalue weighted by Crippen LogP contribution is -2.19. The molecule has 0 N–H and O–H groups in total. The van der Waals surface area contributed by atoms with Crippen molar-refractivity contribution in [3.63, 3.8) is 0 Å². The van der Waals surface area contributed by atoms with Crippen molar-refractivity contribution in [3.8, 4) is 5.75 Å². The Hall–Kier alpha value is -1.55. The lowest BCUT2D eigenvalue weighted by Gasteiger charge is -2.13. The summed E-state index contributed by atoms with van der Waals surface area (Å²) in [6, 6.07) is 8.32. The highest BCUT2D eigenvalue weighted by Gasteiger charge is 2.07. The molecule has 0 aliphatic rings. The van der Waals surface area contributed by atoms with Gasteiger partial charge in [-0.2, -0.15) is 0 Å². The van der Waals surface area contributed by atoms with Gasteiger partial charge in [-0.1, -0.05) is 13.0 Å². The summed E-state index contributed by atoms with van der Waals surface area (Å²) in [5.41, 5.74) is 2.19. The van der Waals surface area contributed by atoms with E-state index in [1.54, 1.807) is 18.4 Å². The second-order valence-corrected chi connectivity index (χ2v) is 5.44. The highest BCUT2D eigenvalue weighted by Crippen LogP contribution is 2.20. The maximum Gasteiger partial charge on any atom is 0.190 e. The van der Waals surface area contributed by atoms with E-state index in [1.165, 1.54) is 5.69 Å². The van der Waals surface area contributed by atoms with E-state index in [2.05, 4.69) is 30.7 Å². The van der Waals surface area contributed by atoms with Gasteiger partial charge < -0.3 is 9.30 Å². The summed E-state index contributed by atoms with van der Waals surface area (Å²) in [6.07, 6.45) is 1.10. The minimum absolute atomic E-state index is 0.468. The van der Waals surface area contributed by atoms with Crippen molar-refractivity contribution < 1.29 is 4.74 Å². The van der Waals surface area contributed by atoms with Gasteiger partial charge in [-0.05, 0) is 32.4 Å². The number of nitrogens with zero attached hydrogens (tertiary/aromatic N) is 2. The molecule has 0 amide bonds. The molecule has 4 heteroatoms. The molecule has 3 nitrogen and oxygen atoms in total.